The summed E-state index contributed by atoms with van der Waals surface area (Å²) in [7, 11) is 0. The quantitative estimate of drug-likeness (QED) is 0.718. The molecule has 1 aliphatic heterocycles. The highest BCUT2D eigenvalue weighted by Crippen LogP contribution is 2.18. The molecular formula is C20H30O4. The molecule has 4 heteroatoms. The Morgan fingerprint density at radius 3 is 1.46 bits per heavy atom. The summed E-state index contributed by atoms with van der Waals surface area (Å²) in [4.78, 5) is 23.0. The van der Waals surface area contributed by atoms with Gasteiger partial charge in [-0.1, -0.05) is 51.0 Å². The van der Waals surface area contributed by atoms with E-state index >= 15 is 0 Å². The molecule has 0 amide bonds. The zero-order valence-corrected chi connectivity index (χ0v) is 15.3. The van der Waals surface area contributed by atoms with Crippen molar-refractivity contribution in [2.75, 3.05) is 0 Å². The van der Waals surface area contributed by atoms with E-state index in [1.54, 1.807) is 0 Å². The maximum atomic E-state index is 11.5. The van der Waals surface area contributed by atoms with E-state index in [0.29, 0.717) is 12.8 Å². The summed E-state index contributed by atoms with van der Waals surface area (Å²) < 4.78 is 10.2. The number of hydrogen-bond donors (Lipinski definition) is 0. The highest BCUT2D eigenvalue weighted by molar-refractivity contribution is 5.87. The number of esters is 2. The van der Waals surface area contributed by atoms with Crippen molar-refractivity contribution >= 4 is 11.9 Å². The Hall–Kier alpha value is -1.84. The predicted octanol–water partition coefficient (Wildman–Crippen LogP) is 4.51. The Labute approximate surface area is 145 Å². The molecule has 1 fully saturated rings. The van der Waals surface area contributed by atoms with Crippen molar-refractivity contribution in [2.24, 2.45) is 0 Å². The normalized spacial score (nSPS) is 19.8. The molecule has 1 heterocycles. The highest BCUT2D eigenvalue weighted by atomic mass is 16.6. The number of hydrogen-bond acceptors (Lipinski definition) is 4. The number of ether oxygens (including phenoxy) is 2. The van der Waals surface area contributed by atoms with E-state index in [-0.39, 0.29) is 11.9 Å². The molecule has 1 aromatic carbocycles. The third-order valence-corrected chi connectivity index (χ3v) is 4.11. The highest BCUT2D eigenvalue weighted by Gasteiger charge is 2.37. The fourth-order valence-electron chi connectivity index (χ4n) is 2.32. The summed E-state index contributed by atoms with van der Waals surface area (Å²) in [6.45, 7) is 8.30. The molecule has 0 aromatic heterocycles. The van der Waals surface area contributed by atoms with Crippen LogP contribution in [0.5, 0.6) is 0 Å². The molecule has 2 unspecified atom stereocenters. The molecule has 0 bridgehead atoms. The molecule has 1 aliphatic rings. The summed E-state index contributed by atoms with van der Waals surface area (Å²) in [6.07, 6.45) is 3.47. The molecule has 1 aromatic rings. The molecule has 0 spiro atoms. The van der Waals surface area contributed by atoms with E-state index in [4.69, 9.17) is 9.47 Å². The topological polar surface area (TPSA) is 52.6 Å². The monoisotopic (exact) mass is 334 g/mol. The Morgan fingerprint density at radius 1 is 0.792 bits per heavy atom. The van der Waals surface area contributed by atoms with E-state index in [9.17, 15) is 9.59 Å². The Balaban J connectivity index is 0.000000300. The first kappa shape index (κ1) is 20.2. The third-order valence-electron chi connectivity index (χ3n) is 4.11. The van der Waals surface area contributed by atoms with Crippen molar-refractivity contribution in [3.8, 4) is 0 Å². The van der Waals surface area contributed by atoms with Gasteiger partial charge < -0.3 is 9.47 Å². The predicted molar refractivity (Wildman–Crippen MR) is 94.7 cm³/mol. The average Bonchev–Trinajstić information content (AvgIpc) is 2.57. The number of benzene rings is 1. The molecule has 24 heavy (non-hydrogen) atoms. The maximum absolute atomic E-state index is 11.5. The van der Waals surface area contributed by atoms with Gasteiger partial charge in [0.1, 0.15) is 0 Å². The lowest BCUT2D eigenvalue weighted by Crippen LogP contribution is -2.43. The third kappa shape index (κ3) is 6.73. The zero-order valence-electron chi connectivity index (χ0n) is 15.3. The van der Waals surface area contributed by atoms with Crippen LogP contribution >= 0.6 is 0 Å². The Bertz CT molecular complexity index is 477. The Kier molecular flexibility index (Phi) is 9.13. The van der Waals surface area contributed by atoms with E-state index in [1.165, 1.54) is 11.1 Å². The van der Waals surface area contributed by atoms with Gasteiger partial charge in [-0.3, -0.25) is 0 Å². The van der Waals surface area contributed by atoms with E-state index in [0.717, 1.165) is 25.7 Å². The van der Waals surface area contributed by atoms with Crippen LogP contribution < -0.4 is 0 Å². The van der Waals surface area contributed by atoms with Crippen molar-refractivity contribution in [3.05, 3.63) is 35.4 Å². The van der Waals surface area contributed by atoms with Crippen LogP contribution in [-0.4, -0.2) is 24.1 Å². The largest absolute Gasteiger partial charge is 0.448 e. The van der Waals surface area contributed by atoms with Gasteiger partial charge in [0.25, 0.3) is 0 Å². The van der Waals surface area contributed by atoms with Crippen molar-refractivity contribution < 1.29 is 19.1 Å². The van der Waals surface area contributed by atoms with Gasteiger partial charge in [0.2, 0.25) is 0 Å². The van der Waals surface area contributed by atoms with Gasteiger partial charge in [-0.15, -0.1) is 0 Å². The minimum absolute atomic E-state index is 0.380. The van der Waals surface area contributed by atoms with Gasteiger partial charge in [-0.05, 0) is 50.7 Å². The van der Waals surface area contributed by atoms with Crippen molar-refractivity contribution in [3.63, 3.8) is 0 Å². The van der Waals surface area contributed by atoms with Gasteiger partial charge >= 0.3 is 11.9 Å². The summed E-state index contributed by atoms with van der Waals surface area (Å²) >= 11 is 0. The van der Waals surface area contributed by atoms with Crippen LogP contribution in [0.2, 0.25) is 0 Å². The molecule has 2 atom stereocenters. The number of aryl methyl sites for hydroxylation is 2. The summed E-state index contributed by atoms with van der Waals surface area (Å²) in [5.74, 6) is -0.761. The summed E-state index contributed by atoms with van der Waals surface area (Å²) in [6, 6.07) is 8.36. The fourth-order valence-corrected chi connectivity index (χ4v) is 2.32. The van der Waals surface area contributed by atoms with Crippen molar-refractivity contribution in [1.29, 1.82) is 0 Å². The number of carbonyl (C=O) groups excluding carboxylic acids is 2. The number of carbonyl (C=O) groups is 2. The minimum Gasteiger partial charge on any atom is -0.448 e. The summed E-state index contributed by atoms with van der Waals surface area (Å²) in [5.41, 5.74) is 2.74. The number of cyclic esters (lactones) is 2. The lowest BCUT2D eigenvalue weighted by atomic mass is 10.1. The van der Waals surface area contributed by atoms with Gasteiger partial charge in [0.05, 0.1) is 0 Å². The molecular weight excluding hydrogens is 304 g/mol. The minimum atomic E-state index is -0.676. The van der Waals surface area contributed by atoms with Crippen molar-refractivity contribution in [1.82, 2.24) is 0 Å². The molecule has 4 nitrogen and oxygen atoms in total. The second-order valence-corrected chi connectivity index (χ2v) is 6.22. The molecule has 2 rings (SSSR count). The number of rotatable bonds is 6. The van der Waals surface area contributed by atoms with Crippen LogP contribution in [0, 0.1) is 13.8 Å². The van der Waals surface area contributed by atoms with Crippen LogP contribution in [0.25, 0.3) is 0 Å². The zero-order chi connectivity index (χ0) is 17.9. The standard InChI is InChI=1S/C12H20O4.C8H10/c1-3-5-7-9-11(13)16-10(8-6-4-2)12(14)15-9;1-7-5-3-4-6-8(7)2/h9-10H,3-8H2,1-2H3;3-6H,1-2H3. The van der Waals surface area contributed by atoms with Crippen LogP contribution in [0.4, 0.5) is 0 Å². The lowest BCUT2D eigenvalue weighted by Gasteiger charge is -2.27. The van der Waals surface area contributed by atoms with Gasteiger partial charge in [0.15, 0.2) is 12.2 Å². The first-order valence-corrected chi connectivity index (χ1v) is 8.92. The Morgan fingerprint density at radius 2 is 1.17 bits per heavy atom. The molecule has 1 saturated heterocycles. The van der Waals surface area contributed by atoms with Crippen molar-refractivity contribution in [2.45, 2.75) is 78.4 Å². The first-order chi connectivity index (χ1) is 11.5. The smallest absolute Gasteiger partial charge is 0.348 e. The fraction of sp³-hybridized carbons (Fsp3) is 0.600. The molecule has 0 N–H and O–H groups in total. The van der Waals surface area contributed by atoms with Crippen LogP contribution in [0.15, 0.2) is 24.3 Å². The van der Waals surface area contributed by atoms with Crippen LogP contribution in [-0.2, 0) is 19.1 Å². The van der Waals surface area contributed by atoms with Crippen LogP contribution in [0.1, 0.15) is 63.5 Å². The average molecular weight is 334 g/mol. The van der Waals surface area contributed by atoms with E-state index < -0.39 is 12.2 Å². The van der Waals surface area contributed by atoms with Gasteiger partial charge in [-0.25, -0.2) is 9.59 Å². The first-order valence-electron chi connectivity index (χ1n) is 8.92. The molecule has 0 radical (unpaired) electrons. The van der Waals surface area contributed by atoms with Gasteiger partial charge in [0, 0.05) is 0 Å². The molecule has 0 aliphatic carbocycles. The van der Waals surface area contributed by atoms with Gasteiger partial charge in [-0.2, -0.15) is 0 Å². The lowest BCUT2D eigenvalue weighted by molar-refractivity contribution is -0.195. The van der Waals surface area contributed by atoms with E-state index in [2.05, 4.69) is 38.1 Å². The molecule has 134 valence electrons. The maximum Gasteiger partial charge on any atom is 0.348 e. The molecule has 0 saturated carbocycles. The number of unbranched alkanes of at least 4 members (excludes halogenated alkanes) is 2. The van der Waals surface area contributed by atoms with Crippen LogP contribution in [0.3, 0.4) is 0 Å². The second-order valence-electron chi connectivity index (χ2n) is 6.22. The van der Waals surface area contributed by atoms with E-state index in [1.807, 2.05) is 13.8 Å². The SMILES string of the molecule is CCCCC1OC(=O)C(CCCC)OC1=O.Cc1ccccc1C. The second kappa shape index (κ2) is 10.8. The summed E-state index contributed by atoms with van der Waals surface area (Å²) in [5, 5.41) is 0.